The molecule has 0 unspecified atom stereocenters. The second-order valence-corrected chi connectivity index (χ2v) is 45.8. The molecule has 0 aliphatic rings. The van der Waals surface area contributed by atoms with Gasteiger partial charge in [0.2, 0.25) is 0 Å². The predicted molar refractivity (Wildman–Crippen MR) is 548 cm³/mol. The molecule has 27 nitrogen and oxygen atoms in total. The lowest BCUT2D eigenvalue weighted by molar-refractivity contribution is 0.0941. The average Bonchev–Trinajstić information content (AvgIpc) is 1.28. The molecule has 0 fully saturated rings. The number of aryl methyl sites for hydroxylation is 1. The normalized spacial score (nSPS) is 11.9. The van der Waals surface area contributed by atoms with Gasteiger partial charge >= 0.3 is 0 Å². The van der Waals surface area contributed by atoms with Crippen LogP contribution in [0.25, 0.3) is 22.6 Å². The smallest absolute Gasteiger partial charge is 0.255 e. The Morgan fingerprint density at radius 2 is 0.618 bits per heavy atom. The van der Waals surface area contributed by atoms with Gasteiger partial charge in [0.1, 0.15) is 34.5 Å². The zero-order valence-electron chi connectivity index (χ0n) is 86.6. The molecular weight excluding hydrogens is 1760 g/mol. The highest BCUT2D eigenvalue weighted by atomic mass is 32.2. The molecule has 750 valence electrons. The summed E-state index contributed by atoms with van der Waals surface area (Å²) >= 11 is 0. The third-order valence-electron chi connectivity index (χ3n) is 22.2. The van der Waals surface area contributed by atoms with E-state index in [9.17, 15) is 76.2 Å². The van der Waals surface area contributed by atoms with Gasteiger partial charge in [0.05, 0.1) is 60.2 Å². The Hall–Kier alpha value is -11.5. The molecule has 0 radical (unpaired) electrons. The molecule has 6 aromatic carbocycles. The van der Waals surface area contributed by atoms with E-state index in [-0.39, 0.29) is 106 Å². The minimum absolute atomic E-state index is 0.00366. The number of unbranched alkanes of at least 4 members (excludes halogenated alkanes) is 6. The fourth-order valence-electron chi connectivity index (χ4n) is 13.8. The Bertz CT molecular complexity index is 5490. The van der Waals surface area contributed by atoms with Crippen molar-refractivity contribution in [3.63, 3.8) is 0 Å². The van der Waals surface area contributed by atoms with Crippen LogP contribution in [0.1, 0.15) is 371 Å². The molecule has 29 heteroatoms. The van der Waals surface area contributed by atoms with E-state index in [1.54, 1.807) is 33.8 Å². The molecule has 0 atom stereocenters. The molecule has 13 N–H and O–H groups in total. The van der Waals surface area contributed by atoms with Crippen LogP contribution < -0.4 is 31.9 Å². The van der Waals surface area contributed by atoms with Crippen LogP contribution in [0, 0.1) is 6.92 Å². The number of nitrogens with zero attached hydrogens (tertiary/aromatic N) is 4. The van der Waals surface area contributed by atoms with Gasteiger partial charge in [-0.3, -0.25) is 28.8 Å². The van der Waals surface area contributed by atoms with Crippen molar-refractivity contribution in [2.75, 3.05) is 51.8 Å². The first-order valence-corrected chi connectivity index (χ1v) is 51.2. The number of amides is 6. The Balaban J connectivity index is 0.000000341. The number of phenolic OH excluding ortho intramolecular Hbond substituents is 6. The molecule has 0 aliphatic heterocycles. The summed E-state index contributed by atoms with van der Waals surface area (Å²) in [5, 5.41) is 88.7. The Labute approximate surface area is 810 Å². The summed E-state index contributed by atoms with van der Waals surface area (Å²) in [6.45, 7) is 59.4. The van der Waals surface area contributed by atoms with Gasteiger partial charge in [-0.25, -0.2) is 26.2 Å². The quantitative estimate of drug-likeness (QED) is 0.0194. The predicted octanol–water partition coefficient (Wildman–Crippen LogP) is 21.1. The number of aromatic hydroxyl groups is 6. The summed E-state index contributed by atoms with van der Waals surface area (Å²) in [4.78, 5) is 77.5. The number of carbonyl (C=O) groups is 6. The first-order chi connectivity index (χ1) is 62.9. The maximum atomic E-state index is 12.5. The number of phenols is 6. The van der Waals surface area contributed by atoms with Gasteiger partial charge in [-0.05, 0) is 185 Å². The highest BCUT2D eigenvalue weighted by molar-refractivity contribution is 7.91. The van der Waals surface area contributed by atoms with Gasteiger partial charge in [-0.1, -0.05) is 232 Å². The maximum Gasteiger partial charge on any atom is 0.255 e. The monoisotopic (exact) mass is 1920 g/mol. The molecule has 0 bridgehead atoms. The Kier molecular flexibility index (Phi) is 43.4. The minimum Gasteiger partial charge on any atom is -0.507 e. The van der Waals surface area contributed by atoms with E-state index in [1.165, 1.54) is 24.3 Å². The zero-order valence-corrected chi connectivity index (χ0v) is 88.3. The number of aromatic nitrogens is 5. The van der Waals surface area contributed by atoms with Crippen molar-refractivity contribution in [3.8, 4) is 57.1 Å². The number of sulfone groups is 2. The third-order valence-corrected chi connectivity index (χ3v) is 24.4. The lowest BCUT2D eigenvalue weighted by atomic mass is 9.79. The number of H-pyrrole nitrogens is 1. The Morgan fingerprint density at radius 3 is 0.875 bits per heavy atom. The van der Waals surface area contributed by atoms with E-state index in [2.05, 4.69) is 95.5 Å². The van der Waals surface area contributed by atoms with E-state index in [0.717, 1.165) is 146 Å². The molecule has 9 rings (SSSR count). The molecule has 136 heavy (non-hydrogen) atoms. The average molecular weight is 1920 g/mol. The first-order valence-electron chi connectivity index (χ1n) is 47.4. The number of hydrogen-bond acceptors (Lipinski definition) is 18. The largest absolute Gasteiger partial charge is 0.507 e. The summed E-state index contributed by atoms with van der Waals surface area (Å²) in [6, 6.07) is 27.6. The molecule has 3 aromatic heterocycles. The topological polar surface area (TPSA) is 416 Å². The van der Waals surface area contributed by atoms with E-state index in [1.807, 2.05) is 219 Å². The van der Waals surface area contributed by atoms with Gasteiger partial charge < -0.3 is 67.5 Å². The number of rotatable bonds is 29. The maximum absolute atomic E-state index is 12.5. The molecule has 0 saturated heterocycles. The second kappa shape index (κ2) is 50.6. The molecule has 0 spiro atoms. The van der Waals surface area contributed by atoms with Crippen LogP contribution in [0.5, 0.6) is 34.5 Å². The minimum atomic E-state index is -3.47. The van der Waals surface area contributed by atoms with Crippen LogP contribution in [0.4, 0.5) is 0 Å². The highest BCUT2D eigenvalue weighted by Gasteiger charge is 2.33. The van der Waals surface area contributed by atoms with Gasteiger partial charge in [-0.15, -0.1) is 0 Å². The molecule has 0 aliphatic carbocycles. The van der Waals surface area contributed by atoms with Crippen molar-refractivity contribution < 1.29 is 76.2 Å². The fraction of sp³-hybridized carbons (Fsp3) is 0.514. The SMILES string of the molecule is CCCCNC(=O)c1cc(-c2ccc[nH]2)cc(C(C)(C)C)c1O.CCCCNC(=O)c1cc(-n2ccc(C)n2)cc(C(C)(C)C)c1O.CCCCNC(=O)c1cc(-n2cccn2)cc(C(C)(C)C)c1O.CCCCNC(=O)c1cc(C(C)(C)C)cc(C(C)(C)C)c1O.CCCCNC(=O)c1cc(S(C)(=O)=O)cc(C(C)(C)C)c1O.CCCCNC(=O)c1cc(S(C)(=O)=O)cc(C(C)(C)C)c1O. The van der Waals surface area contributed by atoms with Crippen molar-refractivity contribution in [2.45, 2.75) is 319 Å². The number of aromatic amines is 1. The zero-order chi connectivity index (χ0) is 103. The summed E-state index contributed by atoms with van der Waals surface area (Å²) < 4.78 is 50.8. The van der Waals surface area contributed by atoms with Crippen molar-refractivity contribution in [2.24, 2.45) is 0 Å². The standard InChI is InChI=1S/C19H27N3O2.C19H26N2O2.C19H31NO2.C18H25N3O2.2C16H25NO4S/c1-6-7-9-20-18(24)15-11-14(22-10-8-13(2)21-22)12-16(17(15)23)19(3,4)5;1-5-6-9-21-18(23)14-11-13(16-8-7-10-20-16)12-15(17(14)22)19(2,3)4;1-8-9-10-20-17(22)14-11-13(18(2,3)4)12-15(16(14)21)19(5,6)7;1-5-6-8-19-17(23)14-11-13(21-10-7-9-20-21)12-15(16(14)22)18(2,3)4;2*1-6-7-8-17-15(19)12-9-11(22(5,20)21)10-13(14(12)18)16(2,3)4/h8,10-12,23H,6-7,9H2,1-5H3,(H,20,24);7-8,10-12,20,22H,5-6,9H2,1-4H3,(H,21,23);11-12,21H,8-10H2,1-7H3,(H,20,22);7,9-12,22H,5-6,8H2,1-4H3,(H,19,23);2*9-10,18H,6-8H2,1-5H3,(H,17,19). The summed E-state index contributed by atoms with van der Waals surface area (Å²) in [7, 11) is -6.95. The van der Waals surface area contributed by atoms with Crippen LogP contribution in [0.15, 0.2) is 132 Å². The van der Waals surface area contributed by atoms with Crippen molar-refractivity contribution >= 4 is 55.1 Å². The number of carbonyl (C=O) groups excluding carboxylic acids is 6. The van der Waals surface area contributed by atoms with Crippen LogP contribution in [0.3, 0.4) is 0 Å². The van der Waals surface area contributed by atoms with Crippen molar-refractivity contribution in [3.05, 3.63) is 200 Å². The molecule has 0 saturated carbocycles. The number of benzene rings is 6. The van der Waals surface area contributed by atoms with E-state index < -0.39 is 42.3 Å². The van der Waals surface area contributed by atoms with E-state index in [4.69, 9.17) is 0 Å². The van der Waals surface area contributed by atoms with E-state index >= 15 is 0 Å². The second-order valence-electron chi connectivity index (χ2n) is 41.7. The highest BCUT2D eigenvalue weighted by Crippen LogP contribution is 2.43. The molecule has 6 amide bonds. The van der Waals surface area contributed by atoms with Gasteiger partial charge in [0.25, 0.3) is 35.4 Å². The van der Waals surface area contributed by atoms with E-state index in [0.29, 0.717) is 72.6 Å². The van der Waals surface area contributed by atoms with Crippen molar-refractivity contribution in [1.82, 2.24) is 56.4 Å². The number of hydrogen-bond donors (Lipinski definition) is 13. The summed E-state index contributed by atoms with van der Waals surface area (Å²) in [6.07, 6.45) is 20.6. The molecule has 3 heterocycles. The summed E-state index contributed by atoms with van der Waals surface area (Å²) in [5.41, 5.74) is 8.46. The first kappa shape index (κ1) is 117. The fourth-order valence-corrected chi connectivity index (χ4v) is 15.1. The van der Waals surface area contributed by atoms with Gasteiger partial charge in [0.15, 0.2) is 19.7 Å². The molecule has 9 aromatic rings. The molecular formula is C107H159N11O16S2. The number of nitrogens with one attached hydrogen (secondary N) is 7. The lowest BCUT2D eigenvalue weighted by Crippen LogP contribution is -2.26. The van der Waals surface area contributed by atoms with Crippen LogP contribution >= 0.6 is 0 Å². The summed E-state index contributed by atoms with van der Waals surface area (Å²) in [5.74, 6) is -1.89. The Morgan fingerprint density at radius 1 is 0.338 bits per heavy atom. The van der Waals surface area contributed by atoms with Gasteiger partial charge in [-0.2, -0.15) is 10.2 Å². The van der Waals surface area contributed by atoms with Gasteiger partial charge in [0, 0.05) is 116 Å². The lowest BCUT2D eigenvalue weighted by Gasteiger charge is -2.27. The van der Waals surface area contributed by atoms with Crippen LogP contribution in [-0.2, 0) is 57.6 Å². The van der Waals surface area contributed by atoms with Crippen molar-refractivity contribution in [1.29, 1.82) is 0 Å². The van der Waals surface area contributed by atoms with Crippen LogP contribution in [-0.4, -0.2) is 159 Å². The third kappa shape index (κ3) is 35.0. The van der Waals surface area contributed by atoms with Crippen LogP contribution in [0.2, 0.25) is 0 Å².